The zero-order chi connectivity index (χ0) is 21.1. The van der Waals surface area contributed by atoms with Crippen molar-refractivity contribution in [3.05, 3.63) is 65.5 Å². The number of amides is 1. The van der Waals surface area contributed by atoms with Crippen LogP contribution in [0.3, 0.4) is 0 Å². The van der Waals surface area contributed by atoms with E-state index in [1.807, 2.05) is 6.07 Å². The number of carbonyl (C=O) groups is 1. The van der Waals surface area contributed by atoms with Crippen molar-refractivity contribution in [3.8, 4) is 5.75 Å². The first-order chi connectivity index (χ1) is 14.5. The molecule has 2 aliphatic heterocycles. The zero-order valence-corrected chi connectivity index (χ0v) is 16.9. The molecular formula is C23H25FN4O2. The molecule has 2 heterocycles. The number of nitrogens with zero attached hydrogens (tertiary/aromatic N) is 4. The summed E-state index contributed by atoms with van der Waals surface area (Å²) in [6.07, 6.45) is 3.27. The maximum atomic E-state index is 13.9. The van der Waals surface area contributed by atoms with Crippen molar-refractivity contribution < 1.29 is 14.3 Å². The lowest BCUT2D eigenvalue weighted by atomic mass is 9.90. The number of hydrogen-bond acceptors (Lipinski definition) is 5. The van der Waals surface area contributed by atoms with Gasteiger partial charge in [0.05, 0.1) is 17.8 Å². The van der Waals surface area contributed by atoms with Crippen LogP contribution in [0.1, 0.15) is 34.8 Å². The number of phenolic OH excluding ortho intramolecular Hbond substituents is 1. The molecule has 6 nitrogen and oxygen atoms in total. The van der Waals surface area contributed by atoms with Gasteiger partial charge in [0.2, 0.25) is 0 Å². The number of halogens is 1. The van der Waals surface area contributed by atoms with E-state index in [9.17, 15) is 14.3 Å². The number of benzene rings is 2. The van der Waals surface area contributed by atoms with Crippen molar-refractivity contribution in [1.82, 2.24) is 9.80 Å². The molecule has 1 N–H and O–H groups in total. The molecule has 0 aliphatic carbocycles. The summed E-state index contributed by atoms with van der Waals surface area (Å²) in [4.78, 5) is 25.5. The van der Waals surface area contributed by atoms with Gasteiger partial charge in [0.15, 0.2) is 0 Å². The number of carbonyl (C=O) groups excluding carboxylic acids is 1. The molecule has 0 saturated carbocycles. The number of likely N-dealkylation sites (tertiary alicyclic amines) is 1. The molecule has 30 heavy (non-hydrogen) atoms. The molecule has 0 spiro atoms. The van der Waals surface area contributed by atoms with Gasteiger partial charge in [-0.2, -0.15) is 0 Å². The zero-order valence-electron chi connectivity index (χ0n) is 16.9. The third kappa shape index (κ3) is 4.26. The van der Waals surface area contributed by atoms with E-state index in [1.54, 1.807) is 48.6 Å². The van der Waals surface area contributed by atoms with Gasteiger partial charge in [0.25, 0.3) is 5.91 Å². The summed E-state index contributed by atoms with van der Waals surface area (Å²) >= 11 is 0. The smallest absolute Gasteiger partial charge is 0.253 e. The minimum atomic E-state index is -0.259. The first kappa shape index (κ1) is 20.2. The van der Waals surface area contributed by atoms with E-state index in [0.29, 0.717) is 12.1 Å². The highest BCUT2D eigenvalue weighted by atomic mass is 19.1. The van der Waals surface area contributed by atoms with E-state index in [0.717, 1.165) is 37.2 Å². The first-order valence-corrected chi connectivity index (χ1v) is 10.2. The molecule has 7 heteroatoms. The van der Waals surface area contributed by atoms with Crippen LogP contribution in [0.25, 0.3) is 0 Å². The van der Waals surface area contributed by atoms with Gasteiger partial charge in [-0.15, -0.1) is 0 Å². The Hall–Kier alpha value is -3.06. The summed E-state index contributed by atoms with van der Waals surface area (Å²) in [6, 6.07) is 13.0. The first-order valence-electron chi connectivity index (χ1n) is 10.2. The Bertz CT molecular complexity index is 991. The third-order valence-electron chi connectivity index (χ3n) is 5.67. The van der Waals surface area contributed by atoms with Crippen molar-refractivity contribution in [2.75, 3.05) is 26.7 Å². The molecule has 4 rings (SSSR count). The topological polar surface area (TPSA) is 68.5 Å². The Kier molecular flexibility index (Phi) is 5.90. The highest BCUT2D eigenvalue weighted by Gasteiger charge is 2.36. The quantitative estimate of drug-likeness (QED) is 0.798. The summed E-state index contributed by atoms with van der Waals surface area (Å²) in [7, 11) is 1.76. The number of fused-ring (bicyclic) bond motifs is 1. The average Bonchev–Trinajstić information content (AvgIpc) is 3.21. The Balaban J connectivity index is 1.42. The molecular weight excluding hydrogens is 383 g/mol. The number of aromatic hydroxyl groups is 1. The van der Waals surface area contributed by atoms with Crippen molar-refractivity contribution >= 4 is 18.0 Å². The van der Waals surface area contributed by atoms with E-state index in [-0.39, 0.29) is 29.6 Å². The van der Waals surface area contributed by atoms with Crippen molar-refractivity contribution in [1.29, 1.82) is 0 Å². The molecule has 0 bridgehead atoms. The molecule has 2 aromatic rings. The SMILES string of the molecule is CN(CCCN1CCC2N=CN=C2C1c1cccc(F)c1)C(=O)c1cccc(O)c1. The molecule has 2 unspecified atom stereocenters. The summed E-state index contributed by atoms with van der Waals surface area (Å²) < 4.78 is 13.9. The average molecular weight is 408 g/mol. The van der Waals surface area contributed by atoms with E-state index < -0.39 is 0 Å². The van der Waals surface area contributed by atoms with Crippen molar-refractivity contribution in [2.24, 2.45) is 9.98 Å². The second-order valence-corrected chi connectivity index (χ2v) is 7.75. The largest absolute Gasteiger partial charge is 0.508 e. The number of phenols is 1. The molecule has 156 valence electrons. The third-order valence-corrected chi connectivity index (χ3v) is 5.67. The Morgan fingerprint density at radius 3 is 2.90 bits per heavy atom. The van der Waals surface area contributed by atoms with Crippen LogP contribution in [0.2, 0.25) is 0 Å². The van der Waals surface area contributed by atoms with Gasteiger partial charge in [0, 0.05) is 32.2 Å². The van der Waals surface area contributed by atoms with Crippen LogP contribution in [0.15, 0.2) is 58.5 Å². The van der Waals surface area contributed by atoms with Gasteiger partial charge in [-0.3, -0.25) is 14.7 Å². The normalized spacial score (nSPS) is 20.7. The maximum Gasteiger partial charge on any atom is 0.253 e. The monoisotopic (exact) mass is 408 g/mol. The summed E-state index contributed by atoms with van der Waals surface area (Å²) in [5.74, 6) is -0.306. The minimum Gasteiger partial charge on any atom is -0.508 e. The Labute approximate surface area is 175 Å². The Morgan fingerprint density at radius 1 is 1.27 bits per heavy atom. The molecule has 2 aromatic carbocycles. The van der Waals surface area contributed by atoms with Crippen LogP contribution in [-0.4, -0.2) is 65.6 Å². The van der Waals surface area contributed by atoms with Crippen LogP contribution in [0.5, 0.6) is 5.75 Å². The van der Waals surface area contributed by atoms with Gasteiger partial charge in [-0.1, -0.05) is 18.2 Å². The lowest BCUT2D eigenvalue weighted by Gasteiger charge is -2.38. The molecule has 2 atom stereocenters. The van der Waals surface area contributed by atoms with Crippen molar-refractivity contribution in [2.45, 2.75) is 24.9 Å². The van der Waals surface area contributed by atoms with Gasteiger partial charge in [-0.25, -0.2) is 9.38 Å². The van der Waals surface area contributed by atoms with E-state index in [2.05, 4.69) is 14.9 Å². The second-order valence-electron chi connectivity index (χ2n) is 7.75. The molecule has 0 aromatic heterocycles. The predicted molar refractivity (Wildman–Crippen MR) is 115 cm³/mol. The lowest BCUT2D eigenvalue weighted by Crippen LogP contribution is -2.45. The van der Waals surface area contributed by atoms with Gasteiger partial charge < -0.3 is 10.0 Å². The fourth-order valence-corrected chi connectivity index (χ4v) is 4.19. The number of rotatable bonds is 6. The summed E-state index contributed by atoms with van der Waals surface area (Å²) in [5, 5.41) is 9.60. The predicted octanol–water partition coefficient (Wildman–Crippen LogP) is 3.29. The van der Waals surface area contributed by atoms with E-state index in [1.165, 1.54) is 12.1 Å². The molecule has 1 fully saturated rings. The van der Waals surface area contributed by atoms with Crippen LogP contribution in [0, 0.1) is 5.82 Å². The summed E-state index contributed by atoms with van der Waals surface area (Å²) in [6.45, 7) is 2.17. The van der Waals surface area contributed by atoms with Gasteiger partial charge in [-0.05, 0) is 48.7 Å². The summed E-state index contributed by atoms with van der Waals surface area (Å²) in [5.41, 5.74) is 2.32. The van der Waals surface area contributed by atoms with E-state index in [4.69, 9.17) is 0 Å². The molecule has 1 saturated heterocycles. The second kappa shape index (κ2) is 8.75. The van der Waals surface area contributed by atoms with Crippen LogP contribution in [-0.2, 0) is 0 Å². The molecule has 1 amide bonds. The van der Waals surface area contributed by atoms with E-state index >= 15 is 0 Å². The minimum absolute atomic E-state index is 0.0736. The molecule has 0 radical (unpaired) electrons. The number of hydrogen-bond donors (Lipinski definition) is 1. The lowest BCUT2D eigenvalue weighted by molar-refractivity contribution is 0.0785. The molecule has 2 aliphatic rings. The highest BCUT2D eigenvalue weighted by molar-refractivity contribution is 6.03. The Morgan fingerprint density at radius 2 is 2.10 bits per heavy atom. The van der Waals surface area contributed by atoms with Crippen LogP contribution < -0.4 is 0 Å². The fourth-order valence-electron chi connectivity index (χ4n) is 4.19. The number of aliphatic imine (C=N–C) groups is 2. The highest BCUT2D eigenvalue weighted by Crippen LogP contribution is 2.32. The van der Waals surface area contributed by atoms with Crippen LogP contribution >= 0.6 is 0 Å². The van der Waals surface area contributed by atoms with Crippen molar-refractivity contribution in [3.63, 3.8) is 0 Å². The van der Waals surface area contributed by atoms with Gasteiger partial charge in [0.1, 0.15) is 17.9 Å². The number of piperidine rings is 1. The van der Waals surface area contributed by atoms with Crippen LogP contribution in [0.4, 0.5) is 4.39 Å². The maximum absolute atomic E-state index is 13.9. The standard InChI is InChI=1S/C23H25FN4O2/c1-27(23(30)17-6-3-8-19(29)14-17)10-4-11-28-12-9-20-21(26-15-25-20)22(28)16-5-2-7-18(24)13-16/h2-3,5-8,13-15,20,22,29H,4,9-12H2,1H3. The van der Waals surface area contributed by atoms with Gasteiger partial charge >= 0.3 is 0 Å². The fraction of sp³-hybridized carbons (Fsp3) is 0.348.